The van der Waals surface area contributed by atoms with Crippen molar-refractivity contribution < 1.29 is 57.9 Å². The van der Waals surface area contributed by atoms with Crippen LogP contribution in [0, 0.1) is 0 Å². The molecule has 2 aliphatic rings. The fourth-order valence-corrected chi connectivity index (χ4v) is 4.16. The van der Waals surface area contributed by atoms with Crippen molar-refractivity contribution in [2.75, 3.05) is 12.3 Å². The molecule has 0 bridgehead atoms. The summed E-state index contributed by atoms with van der Waals surface area (Å²) in [4.78, 5) is 23.5. The first-order chi connectivity index (χ1) is 10.9. The molecule has 5 atom stereocenters. The van der Waals surface area contributed by atoms with Gasteiger partial charge in [-0.25, -0.2) is 15.0 Å². The number of anilines is 1. The van der Waals surface area contributed by atoms with Crippen molar-refractivity contribution in [3.8, 4) is 0 Å². The van der Waals surface area contributed by atoms with E-state index >= 15 is 0 Å². The number of imidazole rings is 1. The van der Waals surface area contributed by atoms with Crippen LogP contribution >= 0.6 is 23.8 Å². The van der Waals surface area contributed by atoms with Gasteiger partial charge in [-0.3, -0.25) is 9.13 Å². The Morgan fingerprint density at radius 3 is 3.00 bits per heavy atom. The molecular weight excluding hydrogens is 420 g/mol. The first kappa shape index (κ1) is 18.6. The van der Waals surface area contributed by atoms with Crippen LogP contribution in [0.2, 0.25) is 0 Å². The average Bonchev–Trinajstić information content (AvgIpc) is 2.97. The molecule has 2 aromatic rings. The minimum atomic E-state index is -4.44. The van der Waals surface area contributed by atoms with Crippen LogP contribution < -0.4 is 40.2 Å². The molecule has 124 valence electrons. The third-order valence-electron chi connectivity index (χ3n) is 3.67. The first-order valence-electron chi connectivity index (χ1n) is 6.49. The molecule has 0 saturated carbocycles. The molecule has 3 unspecified atom stereocenters. The molecule has 0 aromatic carbocycles. The zero-order valence-electron chi connectivity index (χ0n) is 12.3. The number of ether oxygens (including phenoxy) is 1. The third-order valence-corrected chi connectivity index (χ3v) is 5.20. The van der Waals surface area contributed by atoms with Crippen molar-refractivity contribution in [1.82, 2.24) is 19.5 Å². The van der Waals surface area contributed by atoms with Crippen molar-refractivity contribution in [3.05, 3.63) is 11.1 Å². The van der Waals surface area contributed by atoms with E-state index in [9.17, 15) is 14.6 Å². The van der Waals surface area contributed by atoms with Crippen LogP contribution in [0.15, 0.2) is 11.1 Å². The number of nitrogens with zero attached hydrogens (tertiary/aromatic N) is 4. The number of rotatable bonds is 1. The second-order valence-electron chi connectivity index (χ2n) is 5.05. The Kier molecular flexibility index (Phi) is 5.08. The van der Waals surface area contributed by atoms with E-state index in [0.717, 1.165) is 0 Å². The third kappa shape index (κ3) is 2.94. The summed E-state index contributed by atoms with van der Waals surface area (Å²) in [6, 6.07) is 0. The number of aliphatic hydroxyl groups excluding tert-OH is 1. The van der Waals surface area contributed by atoms with E-state index in [2.05, 4.69) is 35.4 Å². The zero-order valence-corrected chi connectivity index (χ0v) is 16.8. The number of hydrogen-bond donors (Lipinski definition) is 2. The van der Waals surface area contributed by atoms with Crippen LogP contribution in [0.5, 0.6) is 0 Å². The standard InChI is InChI=1S/C10H11BrN5O6P.Na/c11-10-15-4-7(12)13-2-14-8(4)16(10)9-5(17)6-3(21-9)1-20-23(18,19)22-6;/h2-3,5-6,9,17H,1H2,(H,18,19)(H2,12,13,14);/q;+1/p-1/t3-,5?,6-,9?;/m0./s1. The van der Waals surface area contributed by atoms with Gasteiger partial charge >= 0.3 is 29.6 Å². The van der Waals surface area contributed by atoms with E-state index in [1.54, 1.807) is 0 Å². The number of hydrogen-bond acceptors (Lipinski definition) is 10. The summed E-state index contributed by atoms with van der Waals surface area (Å²) in [5.41, 5.74) is 6.41. The van der Waals surface area contributed by atoms with Crippen LogP contribution in [-0.4, -0.2) is 49.5 Å². The average molecular weight is 430 g/mol. The fourth-order valence-electron chi connectivity index (χ4n) is 2.67. The van der Waals surface area contributed by atoms with E-state index in [1.165, 1.54) is 10.9 Å². The van der Waals surface area contributed by atoms with Crippen molar-refractivity contribution >= 4 is 40.7 Å². The molecule has 4 rings (SSSR count). The summed E-state index contributed by atoms with van der Waals surface area (Å²) in [5.74, 6) is 0.169. The van der Waals surface area contributed by atoms with E-state index in [4.69, 9.17) is 15.0 Å². The first-order valence-corrected chi connectivity index (χ1v) is 8.74. The van der Waals surface area contributed by atoms with Crippen molar-refractivity contribution in [2.45, 2.75) is 24.5 Å². The maximum atomic E-state index is 11.4. The van der Waals surface area contributed by atoms with Gasteiger partial charge in [0.1, 0.15) is 24.6 Å². The zero-order chi connectivity index (χ0) is 16.4. The number of nitrogen functional groups attached to an aromatic ring is 1. The number of fused-ring (bicyclic) bond motifs is 2. The van der Waals surface area contributed by atoms with Gasteiger partial charge in [0.2, 0.25) is 0 Å². The molecule has 3 N–H and O–H groups in total. The Morgan fingerprint density at radius 2 is 2.25 bits per heavy atom. The number of phosphoric ester groups is 1. The summed E-state index contributed by atoms with van der Waals surface area (Å²) >= 11 is 3.25. The van der Waals surface area contributed by atoms with Gasteiger partial charge in [-0.15, -0.1) is 0 Å². The molecule has 0 spiro atoms. The largest absolute Gasteiger partial charge is 1.00 e. The molecule has 0 aliphatic carbocycles. The number of nitrogens with two attached hydrogens (primary N) is 1. The van der Waals surface area contributed by atoms with Gasteiger partial charge in [0.15, 0.2) is 27.9 Å². The van der Waals surface area contributed by atoms with Crippen LogP contribution in [0.1, 0.15) is 6.23 Å². The summed E-state index contributed by atoms with van der Waals surface area (Å²) in [5, 5.41) is 10.4. The molecule has 24 heavy (non-hydrogen) atoms. The maximum absolute atomic E-state index is 11.4. The second kappa shape index (κ2) is 6.54. The Bertz CT molecular complexity index is 837. The number of halogens is 1. The van der Waals surface area contributed by atoms with Gasteiger partial charge in [-0.1, -0.05) is 0 Å². The normalized spacial score (nSPS) is 35.6. The van der Waals surface area contributed by atoms with E-state index in [0.29, 0.717) is 15.9 Å². The van der Waals surface area contributed by atoms with E-state index < -0.39 is 32.4 Å². The molecule has 2 fully saturated rings. The van der Waals surface area contributed by atoms with Gasteiger partial charge < -0.3 is 29.5 Å². The summed E-state index contributed by atoms with van der Waals surface area (Å²) in [7, 11) is -4.44. The molecule has 11 nitrogen and oxygen atoms in total. The Morgan fingerprint density at radius 1 is 1.50 bits per heavy atom. The van der Waals surface area contributed by atoms with E-state index in [1.807, 2.05) is 0 Å². The predicted molar refractivity (Wildman–Crippen MR) is 75.8 cm³/mol. The van der Waals surface area contributed by atoms with Crippen LogP contribution in [0.4, 0.5) is 5.82 Å². The molecular formula is C10H10BrN5NaO6P. The fraction of sp³-hybridized carbons (Fsp3) is 0.500. The Balaban J connectivity index is 0.00000169. The topological polar surface area (TPSA) is 158 Å². The number of aliphatic hydroxyl groups is 1. The molecule has 2 saturated heterocycles. The quantitative estimate of drug-likeness (QED) is 0.262. The molecule has 0 radical (unpaired) electrons. The SMILES string of the molecule is Nc1ncnc2c1nc(Br)n2C1O[C@H]2COP(=O)([O-])O[C@@H]2C1O.[Na+]. The molecule has 2 aliphatic heterocycles. The molecule has 14 heteroatoms. The Labute approximate surface area is 165 Å². The number of aromatic nitrogens is 4. The number of phosphoric acid groups is 1. The second-order valence-corrected chi connectivity index (χ2v) is 7.12. The molecule has 2 aromatic heterocycles. The van der Waals surface area contributed by atoms with Crippen molar-refractivity contribution in [1.29, 1.82) is 0 Å². The summed E-state index contributed by atoms with van der Waals surface area (Å²) < 4.78 is 28.2. The van der Waals surface area contributed by atoms with Gasteiger partial charge in [0.25, 0.3) is 7.82 Å². The Hall–Kier alpha value is -0.140. The van der Waals surface area contributed by atoms with Gasteiger partial charge in [-0.2, -0.15) is 0 Å². The molecule has 4 heterocycles. The molecule has 0 amide bonds. The van der Waals surface area contributed by atoms with Crippen LogP contribution in [0.25, 0.3) is 11.2 Å². The van der Waals surface area contributed by atoms with E-state index in [-0.39, 0.29) is 42.0 Å². The van der Waals surface area contributed by atoms with Crippen LogP contribution in [-0.2, 0) is 18.3 Å². The van der Waals surface area contributed by atoms with Gasteiger partial charge in [0, 0.05) is 0 Å². The minimum Gasteiger partial charge on any atom is -0.756 e. The summed E-state index contributed by atoms with van der Waals surface area (Å²) in [6.45, 7) is -0.236. The van der Waals surface area contributed by atoms with Crippen molar-refractivity contribution in [3.63, 3.8) is 0 Å². The smallest absolute Gasteiger partial charge is 0.756 e. The van der Waals surface area contributed by atoms with Gasteiger partial charge in [-0.05, 0) is 15.9 Å². The summed E-state index contributed by atoms with van der Waals surface area (Å²) in [6.07, 6.45) is -2.80. The van der Waals surface area contributed by atoms with Crippen LogP contribution in [0.3, 0.4) is 0 Å². The van der Waals surface area contributed by atoms with Gasteiger partial charge in [0.05, 0.1) is 6.61 Å². The predicted octanol–water partition coefficient (Wildman–Crippen LogP) is -3.68. The minimum absolute atomic E-state index is 0. The maximum Gasteiger partial charge on any atom is 1.00 e. The monoisotopic (exact) mass is 429 g/mol. The van der Waals surface area contributed by atoms with Crippen molar-refractivity contribution in [2.24, 2.45) is 0 Å².